The van der Waals surface area contributed by atoms with Gasteiger partial charge in [-0.25, -0.2) is 0 Å². The summed E-state index contributed by atoms with van der Waals surface area (Å²) in [5.41, 5.74) is -1.27. The van der Waals surface area contributed by atoms with Crippen LogP contribution in [0.4, 0.5) is 0 Å². The normalized spacial score (nSPS) is 26.1. The fourth-order valence-electron chi connectivity index (χ4n) is 1.12. The maximum absolute atomic E-state index is 11.1. The minimum Gasteiger partial charge on any atom is -0.393 e. The Bertz CT molecular complexity index is 252. The molecule has 2 unspecified atom stereocenters. The zero-order valence-electron chi connectivity index (χ0n) is 7.91. The second-order valence-corrected chi connectivity index (χ2v) is 3.71. The van der Waals surface area contributed by atoms with Gasteiger partial charge in [0.15, 0.2) is 0 Å². The first-order valence-corrected chi connectivity index (χ1v) is 4.35. The molecule has 0 spiro atoms. The molecule has 80 valence electrons. The van der Waals surface area contributed by atoms with E-state index in [9.17, 15) is 14.7 Å². The maximum Gasteiger partial charge on any atom is 0.244 e. The monoisotopic (exact) mass is 202 g/mol. The molecule has 1 rings (SSSR count). The molecule has 4 N–H and O–H groups in total. The fraction of sp³-hybridized carbons (Fsp3) is 0.750. The summed E-state index contributed by atoms with van der Waals surface area (Å²) in [4.78, 5) is 21.8. The fourth-order valence-corrected chi connectivity index (χ4v) is 1.12. The Balaban J connectivity index is 2.39. The number of nitrogens with one attached hydrogen (secondary N) is 2. The van der Waals surface area contributed by atoms with Crippen molar-refractivity contribution >= 4 is 11.8 Å². The molecule has 1 saturated heterocycles. The van der Waals surface area contributed by atoms with E-state index in [-0.39, 0.29) is 24.8 Å². The Morgan fingerprint density at radius 2 is 2.29 bits per heavy atom. The number of carbonyl (C=O) groups is 2. The molecule has 0 aromatic carbocycles. The van der Waals surface area contributed by atoms with E-state index in [0.29, 0.717) is 0 Å². The van der Waals surface area contributed by atoms with E-state index in [1.54, 1.807) is 0 Å². The summed E-state index contributed by atoms with van der Waals surface area (Å²) >= 11 is 0. The Labute approximate surface area is 81.3 Å². The van der Waals surface area contributed by atoms with E-state index in [4.69, 9.17) is 5.11 Å². The number of rotatable bonds is 4. The molecule has 2 atom stereocenters. The van der Waals surface area contributed by atoms with Crippen molar-refractivity contribution in [2.24, 2.45) is 0 Å². The Hall–Kier alpha value is -0.980. The standard InChI is InChI=1S/C8H14N2O4/c1-8(14,4-11)3-9-5-2-6(12)10-7(5)13/h5,9,11,14H,2-4H2,1H3,(H,10,12,13). The van der Waals surface area contributed by atoms with Crippen LogP contribution >= 0.6 is 0 Å². The smallest absolute Gasteiger partial charge is 0.244 e. The first-order valence-electron chi connectivity index (χ1n) is 4.35. The number of carbonyl (C=O) groups excluding carboxylic acids is 2. The molecule has 0 aromatic rings. The third-order valence-electron chi connectivity index (χ3n) is 2.04. The van der Waals surface area contributed by atoms with Gasteiger partial charge < -0.3 is 15.5 Å². The summed E-state index contributed by atoms with van der Waals surface area (Å²) in [6.07, 6.45) is 0.0837. The predicted molar refractivity (Wildman–Crippen MR) is 47.3 cm³/mol. The predicted octanol–water partition coefficient (Wildman–Crippen LogP) is -2.27. The largest absolute Gasteiger partial charge is 0.393 e. The molecule has 6 heteroatoms. The first kappa shape index (κ1) is 11.1. The van der Waals surface area contributed by atoms with Gasteiger partial charge in [0.25, 0.3) is 0 Å². The van der Waals surface area contributed by atoms with Crippen molar-refractivity contribution in [3.05, 3.63) is 0 Å². The average Bonchev–Trinajstić information content (AvgIpc) is 2.42. The van der Waals surface area contributed by atoms with Crippen LogP contribution in [0.1, 0.15) is 13.3 Å². The van der Waals surface area contributed by atoms with Gasteiger partial charge in [-0.2, -0.15) is 0 Å². The van der Waals surface area contributed by atoms with Gasteiger partial charge in [0.1, 0.15) is 0 Å². The third-order valence-corrected chi connectivity index (χ3v) is 2.04. The van der Waals surface area contributed by atoms with Crippen molar-refractivity contribution in [1.82, 2.24) is 10.6 Å². The number of hydrogen-bond donors (Lipinski definition) is 4. The number of hydrogen-bond acceptors (Lipinski definition) is 5. The third kappa shape index (κ3) is 2.76. The van der Waals surface area contributed by atoms with E-state index in [2.05, 4.69) is 10.6 Å². The molecule has 14 heavy (non-hydrogen) atoms. The number of aliphatic hydroxyl groups excluding tert-OH is 1. The maximum atomic E-state index is 11.1. The Morgan fingerprint density at radius 1 is 1.64 bits per heavy atom. The van der Waals surface area contributed by atoms with Crippen LogP contribution in [0.25, 0.3) is 0 Å². The van der Waals surface area contributed by atoms with E-state index in [0.717, 1.165) is 0 Å². The molecule has 2 amide bonds. The summed E-state index contributed by atoms with van der Waals surface area (Å²) in [6.45, 7) is 1.10. The van der Waals surface area contributed by atoms with Crippen molar-refractivity contribution < 1.29 is 19.8 Å². The van der Waals surface area contributed by atoms with Crippen molar-refractivity contribution in [3.63, 3.8) is 0 Å². The zero-order valence-corrected chi connectivity index (χ0v) is 7.91. The van der Waals surface area contributed by atoms with Gasteiger partial charge >= 0.3 is 0 Å². The molecule has 1 fully saturated rings. The van der Waals surface area contributed by atoms with Crippen LogP contribution in [-0.4, -0.2) is 46.8 Å². The highest BCUT2D eigenvalue weighted by Gasteiger charge is 2.31. The molecule has 0 saturated carbocycles. The first-order chi connectivity index (χ1) is 6.44. The second kappa shape index (κ2) is 4.04. The molecule has 1 aliphatic heterocycles. The molecule has 0 bridgehead atoms. The molecule has 0 aliphatic carbocycles. The van der Waals surface area contributed by atoms with Gasteiger partial charge in [0.2, 0.25) is 11.8 Å². The molecule has 0 radical (unpaired) electrons. The summed E-state index contributed by atoms with van der Waals surface area (Å²) in [5, 5.41) is 23.0. The SMILES string of the molecule is CC(O)(CO)CNC1CC(=O)NC1=O. The van der Waals surface area contributed by atoms with Crippen LogP contribution < -0.4 is 10.6 Å². The summed E-state index contributed by atoms with van der Waals surface area (Å²) in [6, 6.07) is -0.597. The zero-order chi connectivity index (χ0) is 10.8. The topological polar surface area (TPSA) is 98.7 Å². The minimum atomic E-state index is -1.27. The van der Waals surface area contributed by atoms with E-state index in [1.165, 1.54) is 6.92 Å². The van der Waals surface area contributed by atoms with Crippen LogP contribution in [0, 0.1) is 0 Å². The molecule has 6 nitrogen and oxygen atoms in total. The lowest BCUT2D eigenvalue weighted by atomic mass is 10.1. The summed E-state index contributed by atoms with van der Waals surface area (Å²) in [7, 11) is 0. The minimum absolute atomic E-state index is 0.0644. The molecule has 1 heterocycles. The number of amides is 2. The van der Waals surface area contributed by atoms with E-state index >= 15 is 0 Å². The highest BCUT2D eigenvalue weighted by molar-refractivity contribution is 6.05. The highest BCUT2D eigenvalue weighted by atomic mass is 16.3. The van der Waals surface area contributed by atoms with E-state index < -0.39 is 18.2 Å². The van der Waals surface area contributed by atoms with Crippen molar-refractivity contribution in [2.45, 2.75) is 25.0 Å². The lowest BCUT2D eigenvalue weighted by Crippen LogP contribution is -2.47. The van der Waals surface area contributed by atoms with Crippen molar-refractivity contribution in [1.29, 1.82) is 0 Å². The Morgan fingerprint density at radius 3 is 2.71 bits per heavy atom. The van der Waals surface area contributed by atoms with Crippen molar-refractivity contribution in [3.8, 4) is 0 Å². The van der Waals surface area contributed by atoms with Crippen LogP contribution in [0.15, 0.2) is 0 Å². The van der Waals surface area contributed by atoms with Gasteiger partial charge in [-0.15, -0.1) is 0 Å². The number of aliphatic hydroxyl groups is 2. The van der Waals surface area contributed by atoms with Gasteiger partial charge in [-0.3, -0.25) is 14.9 Å². The summed E-state index contributed by atoms with van der Waals surface area (Å²) in [5.74, 6) is -0.708. The van der Waals surface area contributed by atoms with Crippen LogP contribution in [0.5, 0.6) is 0 Å². The second-order valence-electron chi connectivity index (χ2n) is 3.71. The van der Waals surface area contributed by atoms with Crippen molar-refractivity contribution in [2.75, 3.05) is 13.2 Å². The van der Waals surface area contributed by atoms with Crippen LogP contribution in [-0.2, 0) is 9.59 Å². The Kier molecular flexibility index (Phi) is 3.20. The number of imide groups is 1. The quantitative estimate of drug-likeness (QED) is 0.385. The highest BCUT2D eigenvalue weighted by Crippen LogP contribution is 2.04. The van der Waals surface area contributed by atoms with Gasteiger partial charge in [-0.1, -0.05) is 0 Å². The van der Waals surface area contributed by atoms with Gasteiger partial charge in [0, 0.05) is 6.54 Å². The van der Waals surface area contributed by atoms with E-state index in [1.807, 2.05) is 0 Å². The molecular formula is C8H14N2O4. The van der Waals surface area contributed by atoms with Gasteiger partial charge in [0.05, 0.1) is 24.7 Å². The lowest BCUT2D eigenvalue weighted by Gasteiger charge is -2.22. The summed E-state index contributed by atoms with van der Waals surface area (Å²) < 4.78 is 0. The van der Waals surface area contributed by atoms with Crippen LogP contribution in [0.2, 0.25) is 0 Å². The average molecular weight is 202 g/mol. The lowest BCUT2D eigenvalue weighted by molar-refractivity contribution is -0.125. The molecule has 1 aliphatic rings. The molecule has 0 aromatic heterocycles. The molecular weight excluding hydrogens is 188 g/mol. The van der Waals surface area contributed by atoms with Gasteiger partial charge in [-0.05, 0) is 6.92 Å². The van der Waals surface area contributed by atoms with Crippen LogP contribution in [0.3, 0.4) is 0 Å².